The maximum atomic E-state index is 13.0. The van der Waals surface area contributed by atoms with Crippen LogP contribution in [0.2, 0.25) is 0 Å². The molecular formula is C21H29F3N4O4. The summed E-state index contributed by atoms with van der Waals surface area (Å²) in [5, 5.41) is 14.2. The molecule has 1 unspecified atom stereocenters. The second-order valence-corrected chi connectivity index (χ2v) is 8.66. The lowest BCUT2D eigenvalue weighted by atomic mass is 10.0. The van der Waals surface area contributed by atoms with E-state index in [1.165, 1.54) is 0 Å². The molecule has 1 saturated heterocycles. The maximum Gasteiger partial charge on any atom is 0.416 e. The van der Waals surface area contributed by atoms with E-state index in [1.54, 1.807) is 9.80 Å². The molecule has 2 amide bonds. The first-order chi connectivity index (χ1) is 14.8. The molecule has 1 fully saturated rings. The standard InChI is InChI=1S/C21H29F3N4O4/c1-13(2)11-18(29)25-19(14(3)4)20(30)27-9-7-26(8-10-27)16-6-5-15(21(22,23)24)12-17(16)28(31)32/h5-6,12-14,19H,7-11H2,1-4H3,(H,25,29). The summed E-state index contributed by atoms with van der Waals surface area (Å²) in [5.74, 6) is -0.418. The number of halogens is 3. The smallest absolute Gasteiger partial charge is 0.362 e. The lowest BCUT2D eigenvalue weighted by Crippen LogP contribution is -2.56. The minimum atomic E-state index is -4.68. The number of nitro benzene ring substituents is 1. The molecule has 0 spiro atoms. The van der Waals surface area contributed by atoms with Crippen LogP contribution in [0.1, 0.15) is 39.7 Å². The Labute approximate surface area is 184 Å². The van der Waals surface area contributed by atoms with Crippen LogP contribution in [0.15, 0.2) is 18.2 Å². The van der Waals surface area contributed by atoms with Crippen LogP contribution < -0.4 is 10.2 Å². The van der Waals surface area contributed by atoms with Crippen molar-refractivity contribution in [3.8, 4) is 0 Å². The van der Waals surface area contributed by atoms with E-state index in [4.69, 9.17) is 0 Å². The Morgan fingerprint density at radius 2 is 1.72 bits per heavy atom. The van der Waals surface area contributed by atoms with Crippen LogP contribution in [0.5, 0.6) is 0 Å². The average molecular weight is 458 g/mol. The second kappa shape index (κ2) is 10.2. The molecule has 0 aliphatic carbocycles. The van der Waals surface area contributed by atoms with Crippen LogP contribution in [-0.4, -0.2) is 53.9 Å². The number of carbonyl (C=O) groups is 2. The lowest BCUT2D eigenvalue weighted by molar-refractivity contribution is -0.384. The van der Waals surface area contributed by atoms with Gasteiger partial charge in [-0.15, -0.1) is 0 Å². The van der Waals surface area contributed by atoms with Crippen molar-refractivity contribution in [2.45, 2.75) is 46.3 Å². The number of amides is 2. The van der Waals surface area contributed by atoms with E-state index in [9.17, 15) is 32.9 Å². The number of nitro groups is 1. The van der Waals surface area contributed by atoms with E-state index in [0.29, 0.717) is 12.5 Å². The zero-order valence-corrected chi connectivity index (χ0v) is 18.6. The molecule has 11 heteroatoms. The molecule has 32 heavy (non-hydrogen) atoms. The fraction of sp³-hybridized carbons (Fsp3) is 0.619. The predicted octanol–water partition coefficient (Wildman–Crippen LogP) is 3.45. The number of anilines is 1. The van der Waals surface area contributed by atoms with Gasteiger partial charge in [-0.3, -0.25) is 19.7 Å². The second-order valence-electron chi connectivity index (χ2n) is 8.66. The van der Waals surface area contributed by atoms with Gasteiger partial charge in [-0.2, -0.15) is 13.2 Å². The number of nitrogens with one attached hydrogen (secondary N) is 1. The molecule has 1 N–H and O–H groups in total. The van der Waals surface area contributed by atoms with Crippen LogP contribution in [0.25, 0.3) is 0 Å². The number of alkyl halides is 3. The van der Waals surface area contributed by atoms with Gasteiger partial charge < -0.3 is 15.1 Å². The van der Waals surface area contributed by atoms with Gasteiger partial charge in [0.25, 0.3) is 5.69 Å². The number of hydrogen-bond acceptors (Lipinski definition) is 5. The lowest BCUT2D eigenvalue weighted by Gasteiger charge is -2.38. The van der Waals surface area contributed by atoms with E-state index in [2.05, 4.69) is 5.32 Å². The first kappa shape index (κ1) is 25.4. The highest BCUT2D eigenvalue weighted by atomic mass is 19.4. The molecule has 0 saturated carbocycles. The number of rotatable bonds is 7. The topological polar surface area (TPSA) is 95.8 Å². The molecule has 2 rings (SSSR count). The molecule has 8 nitrogen and oxygen atoms in total. The maximum absolute atomic E-state index is 13.0. The third-order valence-corrected chi connectivity index (χ3v) is 5.27. The molecule has 1 aliphatic heterocycles. The predicted molar refractivity (Wildman–Crippen MR) is 113 cm³/mol. The summed E-state index contributed by atoms with van der Waals surface area (Å²) in [6.45, 7) is 8.41. The summed E-state index contributed by atoms with van der Waals surface area (Å²) in [6, 6.07) is 1.76. The van der Waals surface area contributed by atoms with Crippen molar-refractivity contribution in [3.05, 3.63) is 33.9 Å². The van der Waals surface area contributed by atoms with Crippen molar-refractivity contribution in [3.63, 3.8) is 0 Å². The third kappa shape index (κ3) is 6.33. The summed E-state index contributed by atoms with van der Waals surface area (Å²) >= 11 is 0. The Kier molecular flexibility index (Phi) is 8.08. The largest absolute Gasteiger partial charge is 0.416 e. The number of piperazine rings is 1. The normalized spacial score (nSPS) is 15.8. The van der Waals surface area contributed by atoms with Crippen molar-refractivity contribution in [1.29, 1.82) is 0 Å². The molecule has 0 radical (unpaired) electrons. The zero-order chi connectivity index (χ0) is 24.2. The van der Waals surface area contributed by atoms with Crippen LogP contribution in [0, 0.1) is 22.0 Å². The highest BCUT2D eigenvalue weighted by Gasteiger charge is 2.35. The van der Waals surface area contributed by atoms with Crippen molar-refractivity contribution in [1.82, 2.24) is 10.2 Å². The Hall–Kier alpha value is -2.85. The van der Waals surface area contributed by atoms with Gasteiger partial charge in [0.15, 0.2) is 0 Å². The molecule has 1 aromatic rings. The first-order valence-corrected chi connectivity index (χ1v) is 10.5. The molecule has 1 aliphatic rings. The minimum absolute atomic E-state index is 0.0840. The van der Waals surface area contributed by atoms with Gasteiger partial charge >= 0.3 is 6.18 Å². The quantitative estimate of drug-likeness (QED) is 0.499. The van der Waals surface area contributed by atoms with Crippen LogP contribution in [0.4, 0.5) is 24.5 Å². The van der Waals surface area contributed by atoms with E-state index >= 15 is 0 Å². The minimum Gasteiger partial charge on any atom is -0.362 e. The molecule has 178 valence electrons. The number of nitrogens with zero attached hydrogens (tertiary/aromatic N) is 3. The van der Waals surface area contributed by atoms with Gasteiger partial charge in [0, 0.05) is 38.7 Å². The highest BCUT2D eigenvalue weighted by Crippen LogP contribution is 2.36. The number of hydrogen-bond donors (Lipinski definition) is 1. The van der Waals surface area contributed by atoms with Crippen LogP contribution >= 0.6 is 0 Å². The molecule has 1 aromatic carbocycles. The van der Waals surface area contributed by atoms with Gasteiger partial charge in [0.2, 0.25) is 11.8 Å². The van der Waals surface area contributed by atoms with Crippen LogP contribution in [0.3, 0.4) is 0 Å². The van der Waals surface area contributed by atoms with Crippen molar-refractivity contribution < 1.29 is 27.7 Å². The summed E-state index contributed by atoms with van der Waals surface area (Å²) in [7, 11) is 0. The summed E-state index contributed by atoms with van der Waals surface area (Å²) in [4.78, 5) is 38.9. The van der Waals surface area contributed by atoms with Gasteiger partial charge in [-0.25, -0.2) is 0 Å². The molecule has 1 atom stereocenters. The van der Waals surface area contributed by atoms with Gasteiger partial charge in [-0.05, 0) is 24.0 Å². The first-order valence-electron chi connectivity index (χ1n) is 10.5. The zero-order valence-electron chi connectivity index (χ0n) is 18.6. The Balaban J connectivity index is 2.11. The third-order valence-electron chi connectivity index (χ3n) is 5.27. The molecular weight excluding hydrogens is 429 g/mol. The monoisotopic (exact) mass is 458 g/mol. The van der Waals surface area contributed by atoms with E-state index in [0.717, 1.165) is 12.1 Å². The summed E-state index contributed by atoms with van der Waals surface area (Å²) in [5.41, 5.74) is -1.62. The molecule has 0 aromatic heterocycles. The summed E-state index contributed by atoms with van der Waals surface area (Å²) < 4.78 is 38.8. The molecule has 1 heterocycles. The van der Waals surface area contributed by atoms with Gasteiger partial charge in [0.1, 0.15) is 11.7 Å². The number of benzene rings is 1. The summed E-state index contributed by atoms with van der Waals surface area (Å²) in [6.07, 6.45) is -4.37. The SMILES string of the molecule is CC(C)CC(=O)NC(C(=O)N1CCN(c2ccc(C(F)(F)F)cc2[N+](=O)[O-])CC1)C(C)C. The Morgan fingerprint density at radius 3 is 2.19 bits per heavy atom. The van der Waals surface area contributed by atoms with Crippen molar-refractivity contribution in [2.75, 3.05) is 31.1 Å². The van der Waals surface area contributed by atoms with E-state index in [-0.39, 0.29) is 55.5 Å². The van der Waals surface area contributed by atoms with E-state index in [1.807, 2.05) is 27.7 Å². The van der Waals surface area contributed by atoms with Crippen LogP contribution in [-0.2, 0) is 15.8 Å². The van der Waals surface area contributed by atoms with Crippen molar-refractivity contribution >= 4 is 23.2 Å². The Bertz CT molecular complexity index is 850. The fourth-order valence-electron chi connectivity index (χ4n) is 3.59. The Morgan fingerprint density at radius 1 is 1.12 bits per heavy atom. The van der Waals surface area contributed by atoms with Crippen molar-refractivity contribution in [2.24, 2.45) is 11.8 Å². The van der Waals surface area contributed by atoms with Gasteiger partial charge in [0.05, 0.1) is 10.5 Å². The van der Waals surface area contributed by atoms with Gasteiger partial charge in [-0.1, -0.05) is 27.7 Å². The van der Waals surface area contributed by atoms with E-state index < -0.39 is 28.4 Å². The molecule has 0 bridgehead atoms. The fourth-order valence-corrected chi connectivity index (χ4v) is 3.59. The average Bonchev–Trinajstić information content (AvgIpc) is 2.69. The highest BCUT2D eigenvalue weighted by molar-refractivity contribution is 5.88. The number of carbonyl (C=O) groups excluding carboxylic acids is 2.